The molecular weight excluding hydrogens is 366 g/mol. The molecule has 1 N–H and O–H groups in total. The van der Waals surface area contributed by atoms with Crippen molar-refractivity contribution < 1.29 is 18.3 Å². The number of benzene rings is 2. The lowest BCUT2D eigenvalue weighted by Gasteiger charge is -2.09. The average molecular weight is 379 g/mol. The molecule has 0 radical (unpaired) electrons. The highest BCUT2D eigenvalue weighted by Crippen LogP contribution is 2.30. The van der Waals surface area contributed by atoms with Gasteiger partial charge in [0.25, 0.3) is 5.56 Å². The second kappa shape index (κ2) is 7.13. The Kier molecular flexibility index (Phi) is 4.90. The molecule has 1 heterocycles. The van der Waals surface area contributed by atoms with Crippen LogP contribution in [0.4, 0.5) is 8.78 Å². The van der Waals surface area contributed by atoms with Crippen molar-refractivity contribution in [2.45, 2.75) is 0 Å². The van der Waals surface area contributed by atoms with Gasteiger partial charge in [-0.15, -0.1) is 0 Å². The molecule has 0 atom stereocenters. The number of fused-ring (bicyclic) bond motifs is 1. The number of hydrogen-bond donors (Lipinski definition) is 1. The predicted octanol–water partition coefficient (Wildman–Crippen LogP) is 3.96. The number of nitrogens with one attached hydrogen (secondary N) is 1. The number of rotatable bonds is 4. The van der Waals surface area contributed by atoms with Crippen molar-refractivity contribution in [3.8, 4) is 11.5 Å². The maximum atomic E-state index is 13.8. The van der Waals surface area contributed by atoms with Gasteiger partial charge in [-0.25, -0.2) is 13.8 Å². The number of methoxy groups -OCH3 is 2. The van der Waals surface area contributed by atoms with Gasteiger partial charge < -0.3 is 14.5 Å². The van der Waals surface area contributed by atoms with Crippen LogP contribution in [0.5, 0.6) is 11.5 Å². The topological polar surface area (TPSA) is 64.2 Å². The molecule has 0 fully saturated rings. The Morgan fingerprint density at radius 1 is 1.19 bits per heavy atom. The van der Waals surface area contributed by atoms with Gasteiger partial charge in [-0.05, 0) is 18.2 Å². The van der Waals surface area contributed by atoms with Gasteiger partial charge >= 0.3 is 0 Å². The highest BCUT2D eigenvalue weighted by atomic mass is 35.5. The van der Waals surface area contributed by atoms with Crippen molar-refractivity contribution in [1.29, 1.82) is 0 Å². The van der Waals surface area contributed by atoms with E-state index in [-0.39, 0.29) is 21.8 Å². The van der Waals surface area contributed by atoms with Gasteiger partial charge in [0.2, 0.25) is 0 Å². The van der Waals surface area contributed by atoms with Crippen molar-refractivity contribution in [3.63, 3.8) is 0 Å². The summed E-state index contributed by atoms with van der Waals surface area (Å²) >= 11 is 6.15. The molecule has 2 aromatic carbocycles. The normalized spacial score (nSPS) is 11.7. The first-order valence-corrected chi connectivity index (χ1v) is 7.80. The van der Waals surface area contributed by atoms with Crippen LogP contribution >= 0.6 is 11.6 Å². The van der Waals surface area contributed by atoms with Crippen molar-refractivity contribution >= 4 is 33.6 Å². The van der Waals surface area contributed by atoms with E-state index < -0.39 is 17.2 Å². The lowest BCUT2D eigenvalue weighted by atomic mass is 10.2. The van der Waals surface area contributed by atoms with Crippen molar-refractivity contribution in [2.24, 2.45) is 0 Å². The summed E-state index contributed by atoms with van der Waals surface area (Å²) in [6, 6.07) is 6.72. The summed E-state index contributed by atoms with van der Waals surface area (Å²) in [4.78, 5) is 19.1. The van der Waals surface area contributed by atoms with Crippen LogP contribution in [-0.2, 0) is 0 Å². The van der Waals surface area contributed by atoms with E-state index in [0.717, 1.165) is 6.07 Å². The molecule has 8 heteroatoms. The van der Waals surface area contributed by atoms with Gasteiger partial charge in [-0.1, -0.05) is 23.7 Å². The lowest BCUT2D eigenvalue weighted by molar-refractivity contribution is 0.355. The quantitative estimate of drug-likeness (QED) is 0.746. The average Bonchev–Trinajstić information content (AvgIpc) is 2.64. The monoisotopic (exact) mass is 378 g/mol. The van der Waals surface area contributed by atoms with E-state index in [1.54, 1.807) is 0 Å². The standard InChI is InChI=1S/C18H13ClF2N2O3/c1-25-14-7-10-13(8-15(14)26-2)22-17(23-18(10)24)11(19)6-9-4-3-5-12(20)16(9)21/h3-8H,1-2H3,(H,22,23,24)/b11-6-. The van der Waals surface area contributed by atoms with Crippen LogP contribution in [-0.4, -0.2) is 24.2 Å². The Hall–Kier alpha value is -2.93. The van der Waals surface area contributed by atoms with Gasteiger partial charge in [-0.2, -0.15) is 0 Å². The molecule has 3 rings (SSSR count). The fraction of sp³-hybridized carbons (Fsp3) is 0.111. The third-order valence-electron chi connectivity index (χ3n) is 3.70. The van der Waals surface area contributed by atoms with Gasteiger partial charge in [0.05, 0.1) is 30.2 Å². The number of halogens is 3. The highest BCUT2D eigenvalue weighted by molar-refractivity contribution is 6.50. The molecule has 0 bridgehead atoms. The first-order chi connectivity index (χ1) is 12.4. The first kappa shape index (κ1) is 17.9. The third kappa shape index (κ3) is 3.25. The zero-order valence-electron chi connectivity index (χ0n) is 13.8. The molecule has 26 heavy (non-hydrogen) atoms. The number of hydrogen-bond acceptors (Lipinski definition) is 4. The van der Waals surface area contributed by atoms with E-state index >= 15 is 0 Å². The number of aromatic amines is 1. The van der Waals surface area contributed by atoms with Crippen molar-refractivity contribution in [1.82, 2.24) is 9.97 Å². The van der Waals surface area contributed by atoms with E-state index in [4.69, 9.17) is 21.1 Å². The Labute approximate surface area is 151 Å². The summed E-state index contributed by atoms with van der Waals surface area (Å²) in [5.74, 6) is -1.26. The van der Waals surface area contributed by atoms with Crippen LogP contribution in [0.15, 0.2) is 35.1 Å². The Bertz CT molecular complexity index is 1080. The minimum atomic E-state index is -1.04. The zero-order valence-corrected chi connectivity index (χ0v) is 14.5. The van der Waals surface area contributed by atoms with Crippen LogP contribution < -0.4 is 15.0 Å². The van der Waals surface area contributed by atoms with Gasteiger partial charge in [-0.3, -0.25) is 4.79 Å². The summed E-state index contributed by atoms with van der Waals surface area (Å²) in [5.41, 5.74) is -0.213. The Balaban J connectivity index is 2.15. The molecule has 0 saturated carbocycles. The van der Waals surface area contributed by atoms with E-state index in [1.165, 1.54) is 44.6 Å². The molecule has 0 aliphatic heterocycles. The van der Waals surface area contributed by atoms with E-state index in [2.05, 4.69) is 9.97 Å². The van der Waals surface area contributed by atoms with Crippen molar-refractivity contribution in [2.75, 3.05) is 14.2 Å². The molecule has 0 unspecified atom stereocenters. The largest absolute Gasteiger partial charge is 0.493 e. The fourth-order valence-electron chi connectivity index (χ4n) is 2.42. The maximum absolute atomic E-state index is 13.8. The van der Waals surface area contributed by atoms with Crippen LogP contribution in [0.3, 0.4) is 0 Å². The van der Waals surface area contributed by atoms with Crippen LogP contribution in [0.2, 0.25) is 0 Å². The predicted molar refractivity (Wildman–Crippen MR) is 95.5 cm³/mol. The molecule has 1 aromatic heterocycles. The number of ether oxygens (including phenoxy) is 2. The second-order valence-corrected chi connectivity index (χ2v) is 5.68. The fourth-order valence-corrected chi connectivity index (χ4v) is 2.62. The summed E-state index contributed by atoms with van der Waals surface area (Å²) < 4.78 is 37.5. The second-order valence-electron chi connectivity index (χ2n) is 5.27. The minimum Gasteiger partial charge on any atom is -0.493 e. The van der Waals surface area contributed by atoms with Crippen LogP contribution in [0, 0.1) is 11.6 Å². The van der Waals surface area contributed by atoms with Gasteiger partial charge in [0.15, 0.2) is 29.0 Å². The molecule has 0 amide bonds. The van der Waals surface area contributed by atoms with Gasteiger partial charge in [0.1, 0.15) is 0 Å². The molecular formula is C18H13ClF2N2O3. The summed E-state index contributed by atoms with van der Waals surface area (Å²) in [7, 11) is 2.91. The minimum absolute atomic E-state index is 0.0139. The summed E-state index contributed by atoms with van der Waals surface area (Å²) in [6.45, 7) is 0. The highest BCUT2D eigenvalue weighted by Gasteiger charge is 2.13. The van der Waals surface area contributed by atoms with Crippen molar-refractivity contribution in [3.05, 3.63) is 63.7 Å². The van der Waals surface area contributed by atoms with E-state index in [1.807, 2.05) is 0 Å². The van der Waals surface area contributed by atoms with Gasteiger partial charge in [0, 0.05) is 11.6 Å². The number of nitrogens with zero attached hydrogens (tertiary/aromatic N) is 1. The molecule has 0 saturated heterocycles. The van der Waals surface area contributed by atoms with Crippen LogP contribution in [0.1, 0.15) is 11.4 Å². The zero-order chi connectivity index (χ0) is 18.8. The number of H-pyrrole nitrogens is 1. The first-order valence-electron chi connectivity index (χ1n) is 7.42. The van der Waals surface area contributed by atoms with Crippen LogP contribution in [0.25, 0.3) is 22.0 Å². The maximum Gasteiger partial charge on any atom is 0.259 e. The summed E-state index contributed by atoms with van der Waals surface area (Å²) in [5, 5.41) is 0.219. The molecule has 134 valence electrons. The number of aromatic nitrogens is 2. The molecule has 0 spiro atoms. The third-order valence-corrected chi connectivity index (χ3v) is 3.99. The molecule has 3 aromatic rings. The molecule has 0 aliphatic rings. The van der Waals surface area contributed by atoms with E-state index in [9.17, 15) is 13.6 Å². The lowest BCUT2D eigenvalue weighted by Crippen LogP contribution is -2.11. The van der Waals surface area contributed by atoms with E-state index in [0.29, 0.717) is 17.0 Å². The smallest absolute Gasteiger partial charge is 0.259 e. The molecule has 0 aliphatic carbocycles. The Morgan fingerprint density at radius 2 is 1.88 bits per heavy atom. The Morgan fingerprint density at radius 3 is 2.58 bits per heavy atom. The molecule has 5 nitrogen and oxygen atoms in total. The SMILES string of the molecule is COc1cc2nc(/C(Cl)=C/c3cccc(F)c3F)[nH]c(=O)c2cc1OC. The summed E-state index contributed by atoms with van der Waals surface area (Å²) in [6.07, 6.45) is 1.19.